The maximum absolute atomic E-state index is 14.0. The SMILES string of the molecule is Fc1cccc(N2CCCC2C2CCCC2)c1CBr. The molecule has 0 spiro atoms. The van der Waals surface area contributed by atoms with Gasteiger partial charge < -0.3 is 4.90 Å². The fraction of sp³-hybridized carbons (Fsp3) is 0.625. The van der Waals surface area contributed by atoms with Crippen LogP contribution < -0.4 is 4.90 Å². The fourth-order valence-corrected chi connectivity index (χ4v) is 4.43. The van der Waals surface area contributed by atoms with Crippen molar-refractivity contribution >= 4 is 21.6 Å². The summed E-state index contributed by atoms with van der Waals surface area (Å²) in [6, 6.07) is 6.15. The Hall–Kier alpha value is -0.570. The van der Waals surface area contributed by atoms with E-state index in [1.165, 1.54) is 38.5 Å². The minimum absolute atomic E-state index is 0.0774. The normalized spacial score (nSPS) is 24.3. The lowest BCUT2D eigenvalue weighted by Crippen LogP contribution is -2.35. The summed E-state index contributed by atoms with van der Waals surface area (Å²) < 4.78 is 14.0. The number of hydrogen-bond acceptors (Lipinski definition) is 1. The molecule has 104 valence electrons. The Kier molecular flexibility index (Phi) is 4.11. The molecule has 0 N–H and O–H groups in total. The van der Waals surface area contributed by atoms with E-state index >= 15 is 0 Å². The van der Waals surface area contributed by atoms with E-state index in [0.717, 1.165) is 23.7 Å². The zero-order valence-electron chi connectivity index (χ0n) is 11.2. The minimum Gasteiger partial charge on any atom is -0.368 e. The van der Waals surface area contributed by atoms with Gasteiger partial charge >= 0.3 is 0 Å². The van der Waals surface area contributed by atoms with E-state index in [1.54, 1.807) is 6.07 Å². The number of hydrogen-bond donors (Lipinski definition) is 0. The highest BCUT2D eigenvalue weighted by atomic mass is 79.9. The Morgan fingerprint density at radius 2 is 1.95 bits per heavy atom. The van der Waals surface area contributed by atoms with Crippen LogP contribution in [0, 0.1) is 11.7 Å². The molecule has 0 bridgehead atoms. The average molecular weight is 326 g/mol. The summed E-state index contributed by atoms with van der Waals surface area (Å²) in [5.74, 6) is 0.750. The standard InChI is InChI=1S/C16H21BrFN/c17-11-13-14(18)7-3-8-16(13)19-10-4-9-15(19)12-5-1-2-6-12/h3,7-8,12,15H,1-2,4-6,9-11H2. The van der Waals surface area contributed by atoms with Crippen LogP contribution in [0.3, 0.4) is 0 Å². The van der Waals surface area contributed by atoms with Gasteiger partial charge in [0.15, 0.2) is 0 Å². The molecule has 0 radical (unpaired) electrons. The fourth-order valence-electron chi connectivity index (χ4n) is 3.87. The molecule has 1 heterocycles. The smallest absolute Gasteiger partial charge is 0.129 e. The van der Waals surface area contributed by atoms with Gasteiger partial charge in [-0.2, -0.15) is 0 Å². The van der Waals surface area contributed by atoms with Crippen molar-refractivity contribution in [3.63, 3.8) is 0 Å². The predicted octanol–water partition coefficient (Wildman–Crippen LogP) is 4.88. The molecule has 3 heteroatoms. The number of nitrogens with zero attached hydrogens (tertiary/aromatic N) is 1. The van der Waals surface area contributed by atoms with Crippen LogP contribution in [0.15, 0.2) is 18.2 Å². The summed E-state index contributed by atoms with van der Waals surface area (Å²) in [5, 5.41) is 0.600. The van der Waals surface area contributed by atoms with Crippen LogP contribution in [0.25, 0.3) is 0 Å². The molecule has 0 amide bonds. The zero-order chi connectivity index (χ0) is 13.2. The van der Waals surface area contributed by atoms with Gasteiger partial charge in [0.05, 0.1) is 0 Å². The molecule has 1 saturated heterocycles. The van der Waals surface area contributed by atoms with Gasteiger partial charge in [-0.3, -0.25) is 0 Å². The van der Waals surface area contributed by atoms with Crippen LogP contribution in [0.2, 0.25) is 0 Å². The molecule has 3 rings (SSSR count). The third-order valence-corrected chi connectivity index (χ3v) is 5.34. The summed E-state index contributed by atoms with van der Waals surface area (Å²) in [6.07, 6.45) is 8.01. The van der Waals surface area contributed by atoms with Crippen molar-refractivity contribution in [1.29, 1.82) is 0 Å². The van der Waals surface area contributed by atoms with Gasteiger partial charge in [-0.05, 0) is 43.7 Å². The third-order valence-electron chi connectivity index (χ3n) is 4.78. The zero-order valence-corrected chi connectivity index (χ0v) is 12.8. The van der Waals surface area contributed by atoms with E-state index in [4.69, 9.17) is 0 Å². The Balaban J connectivity index is 1.89. The van der Waals surface area contributed by atoms with Gasteiger partial charge in [0.2, 0.25) is 0 Å². The van der Waals surface area contributed by atoms with Gasteiger partial charge in [0.25, 0.3) is 0 Å². The van der Waals surface area contributed by atoms with E-state index in [2.05, 4.69) is 26.9 Å². The largest absolute Gasteiger partial charge is 0.368 e. The lowest BCUT2D eigenvalue weighted by molar-refractivity contribution is 0.430. The highest BCUT2D eigenvalue weighted by molar-refractivity contribution is 9.08. The number of alkyl halides is 1. The van der Waals surface area contributed by atoms with Gasteiger partial charge in [0, 0.05) is 29.2 Å². The topological polar surface area (TPSA) is 3.24 Å². The molecular formula is C16H21BrFN. The lowest BCUT2D eigenvalue weighted by Gasteiger charge is -2.32. The second-order valence-electron chi connectivity index (χ2n) is 5.82. The molecule has 0 aromatic heterocycles. The monoisotopic (exact) mass is 325 g/mol. The first kappa shape index (κ1) is 13.4. The second-order valence-corrected chi connectivity index (χ2v) is 6.38. The van der Waals surface area contributed by atoms with E-state index < -0.39 is 0 Å². The summed E-state index contributed by atoms with van der Waals surface area (Å²) >= 11 is 3.44. The van der Waals surface area contributed by atoms with Crippen molar-refractivity contribution in [3.8, 4) is 0 Å². The Morgan fingerprint density at radius 1 is 1.16 bits per heavy atom. The summed E-state index contributed by atoms with van der Waals surface area (Å²) in [5.41, 5.74) is 1.94. The average Bonchev–Trinajstić information content (AvgIpc) is 3.09. The maximum Gasteiger partial charge on any atom is 0.129 e. The molecule has 1 atom stereocenters. The first-order chi connectivity index (χ1) is 9.31. The molecule has 1 aromatic rings. The molecule has 1 aliphatic heterocycles. The summed E-state index contributed by atoms with van der Waals surface area (Å²) in [7, 11) is 0. The molecular weight excluding hydrogens is 305 g/mol. The third kappa shape index (κ3) is 2.54. The molecule has 1 nitrogen and oxygen atoms in total. The van der Waals surface area contributed by atoms with Gasteiger partial charge in [0.1, 0.15) is 5.82 Å². The molecule has 2 aliphatic rings. The van der Waals surface area contributed by atoms with Crippen LogP contribution in [-0.4, -0.2) is 12.6 Å². The van der Waals surface area contributed by atoms with E-state index in [1.807, 2.05) is 6.07 Å². The molecule has 1 aliphatic carbocycles. The lowest BCUT2D eigenvalue weighted by atomic mass is 9.95. The van der Waals surface area contributed by atoms with Crippen LogP contribution in [0.4, 0.5) is 10.1 Å². The highest BCUT2D eigenvalue weighted by Crippen LogP contribution is 2.39. The van der Waals surface area contributed by atoms with E-state index in [9.17, 15) is 4.39 Å². The predicted molar refractivity (Wildman–Crippen MR) is 81.4 cm³/mol. The van der Waals surface area contributed by atoms with Crippen LogP contribution in [-0.2, 0) is 5.33 Å². The van der Waals surface area contributed by atoms with Gasteiger partial charge in [-0.25, -0.2) is 4.39 Å². The molecule has 2 fully saturated rings. The Morgan fingerprint density at radius 3 is 2.68 bits per heavy atom. The minimum atomic E-state index is -0.0774. The first-order valence-electron chi connectivity index (χ1n) is 7.41. The van der Waals surface area contributed by atoms with E-state index in [0.29, 0.717) is 11.4 Å². The number of benzene rings is 1. The molecule has 19 heavy (non-hydrogen) atoms. The quantitative estimate of drug-likeness (QED) is 0.716. The Bertz CT molecular complexity index is 442. The van der Waals surface area contributed by atoms with Crippen molar-refractivity contribution in [2.24, 2.45) is 5.92 Å². The maximum atomic E-state index is 14.0. The van der Waals surface area contributed by atoms with Crippen molar-refractivity contribution in [3.05, 3.63) is 29.6 Å². The second kappa shape index (κ2) is 5.82. The highest BCUT2D eigenvalue weighted by Gasteiger charge is 2.34. The van der Waals surface area contributed by atoms with E-state index in [-0.39, 0.29) is 5.82 Å². The van der Waals surface area contributed by atoms with Crippen LogP contribution in [0.1, 0.15) is 44.1 Å². The number of halogens is 2. The van der Waals surface area contributed by atoms with Gasteiger partial charge in [-0.1, -0.05) is 34.8 Å². The molecule has 1 saturated carbocycles. The summed E-state index contributed by atoms with van der Waals surface area (Å²) in [4.78, 5) is 2.48. The molecule has 1 unspecified atom stereocenters. The molecule has 1 aromatic carbocycles. The Labute approximate surface area is 123 Å². The van der Waals surface area contributed by atoms with Crippen LogP contribution in [0.5, 0.6) is 0 Å². The van der Waals surface area contributed by atoms with Crippen molar-refractivity contribution in [2.45, 2.75) is 49.9 Å². The number of anilines is 1. The van der Waals surface area contributed by atoms with Crippen molar-refractivity contribution in [1.82, 2.24) is 0 Å². The number of rotatable bonds is 3. The van der Waals surface area contributed by atoms with Crippen molar-refractivity contribution in [2.75, 3.05) is 11.4 Å². The van der Waals surface area contributed by atoms with Gasteiger partial charge in [-0.15, -0.1) is 0 Å². The summed E-state index contributed by atoms with van der Waals surface area (Å²) in [6.45, 7) is 1.09. The van der Waals surface area contributed by atoms with Crippen molar-refractivity contribution < 1.29 is 4.39 Å². The first-order valence-corrected chi connectivity index (χ1v) is 8.53. The van der Waals surface area contributed by atoms with Crippen LogP contribution >= 0.6 is 15.9 Å².